The lowest BCUT2D eigenvalue weighted by atomic mass is 9.99. The summed E-state index contributed by atoms with van der Waals surface area (Å²) >= 11 is 0.712. The highest BCUT2D eigenvalue weighted by molar-refractivity contribution is 7.97. The molecule has 2 fully saturated rings. The smallest absolute Gasteiger partial charge is 0.335 e. The number of nitrogens with one attached hydrogen (secondary N) is 1. The normalized spacial score (nSPS) is 14.1. The molecule has 0 atom stereocenters. The highest BCUT2D eigenvalue weighted by Crippen LogP contribution is 2.45. The molecule has 2 aliphatic carbocycles. The summed E-state index contributed by atoms with van der Waals surface area (Å²) in [7, 11) is 0. The summed E-state index contributed by atoms with van der Waals surface area (Å²) < 4.78 is 58.9. The van der Waals surface area contributed by atoms with Crippen molar-refractivity contribution < 1.29 is 37.0 Å². The van der Waals surface area contributed by atoms with Gasteiger partial charge in [0.05, 0.1) is 29.3 Å². The van der Waals surface area contributed by atoms with Crippen LogP contribution in [0.4, 0.5) is 23.2 Å². The van der Waals surface area contributed by atoms with Crippen LogP contribution < -0.4 is 14.4 Å². The molecule has 0 radical (unpaired) electrons. The lowest BCUT2D eigenvalue weighted by molar-refractivity contribution is -0.107. The number of aromatic carboxylic acids is 1. The fourth-order valence-electron chi connectivity index (χ4n) is 4.45. The minimum atomic E-state index is -1.79. The molecule has 3 aromatic carbocycles. The van der Waals surface area contributed by atoms with E-state index in [0.29, 0.717) is 61.0 Å². The number of amides is 1. The lowest BCUT2D eigenvalue weighted by Gasteiger charge is -2.22. The van der Waals surface area contributed by atoms with Crippen LogP contribution in [0, 0.1) is 23.3 Å². The maximum atomic E-state index is 12.9. The number of benzene rings is 3. The SMILES string of the molecule is CCNSc1cc(F)c(F)c(F)c1F.CCOc1cc(C(=O)O)ccc1N(C=O)Cc1cc(C2CC2)cc(C2CC2)c1. The molecule has 2 aliphatic rings. The van der Waals surface area contributed by atoms with Crippen molar-refractivity contribution in [3.63, 3.8) is 0 Å². The molecule has 224 valence electrons. The van der Waals surface area contributed by atoms with Gasteiger partial charge < -0.3 is 14.7 Å². The third kappa shape index (κ3) is 7.83. The number of hydrogen-bond acceptors (Lipinski definition) is 5. The maximum Gasteiger partial charge on any atom is 0.335 e. The number of anilines is 1. The molecule has 0 heterocycles. The molecule has 1 amide bonds. The van der Waals surface area contributed by atoms with E-state index >= 15 is 0 Å². The molecule has 5 rings (SSSR count). The first-order chi connectivity index (χ1) is 20.2. The number of ether oxygens (including phenoxy) is 1. The Balaban J connectivity index is 0.000000244. The summed E-state index contributed by atoms with van der Waals surface area (Å²) in [6.45, 7) is 4.90. The van der Waals surface area contributed by atoms with Crippen molar-refractivity contribution >= 4 is 30.0 Å². The zero-order valence-electron chi connectivity index (χ0n) is 23.3. The molecule has 0 aromatic heterocycles. The Morgan fingerprint density at radius 1 is 0.976 bits per heavy atom. The number of carbonyl (C=O) groups excluding carboxylic acids is 1. The van der Waals surface area contributed by atoms with Gasteiger partial charge in [-0.15, -0.1) is 0 Å². The van der Waals surface area contributed by atoms with Gasteiger partial charge in [-0.2, -0.15) is 0 Å². The van der Waals surface area contributed by atoms with Gasteiger partial charge in [0.1, 0.15) is 5.75 Å². The number of rotatable bonds is 12. The van der Waals surface area contributed by atoms with Gasteiger partial charge in [0.25, 0.3) is 0 Å². The van der Waals surface area contributed by atoms with Gasteiger partial charge in [-0.1, -0.05) is 25.1 Å². The van der Waals surface area contributed by atoms with Crippen molar-refractivity contribution in [2.75, 3.05) is 18.1 Å². The summed E-state index contributed by atoms with van der Waals surface area (Å²) in [4.78, 5) is 24.5. The maximum absolute atomic E-state index is 12.9. The van der Waals surface area contributed by atoms with Gasteiger partial charge in [0.2, 0.25) is 6.41 Å². The number of carbonyl (C=O) groups is 2. The van der Waals surface area contributed by atoms with Gasteiger partial charge in [0, 0.05) is 6.54 Å². The summed E-state index contributed by atoms with van der Waals surface area (Å²) in [5.74, 6) is -5.63. The summed E-state index contributed by atoms with van der Waals surface area (Å²) in [6, 6.07) is 12.0. The molecule has 0 unspecified atom stereocenters. The molecular formula is C31H32F4N2O4S. The van der Waals surface area contributed by atoms with Crippen LogP contribution in [0.5, 0.6) is 5.75 Å². The molecule has 0 aliphatic heterocycles. The third-order valence-corrected chi connectivity index (χ3v) is 7.78. The summed E-state index contributed by atoms with van der Waals surface area (Å²) in [5.41, 5.74) is 4.62. The minimum Gasteiger partial charge on any atom is -0.492 e. The van der Waals surface area contributed by atoms with Crippen LogP contribution in [0.3, 0.4) is 0 Å². The average Bonchev–Trinajstić information content (AvgIpc) is 3.89. The Labute approximate surface area is 246 Å². The van der Waals surface area contributed by atoms with Crippen LogP contribution >= 0.6 is 11.9 Å². The molecule has 2 saturated carbocycles. The Kier molecular flexibility index (Phi) is 10.5. The van der Waals surface area contributed by atoms with Crippen molar-refractivity contribution in [3.05, 3.63) is 88.0 Å². The van der Waals surface area contributed by atoms with E-state index in [0.717, 1.165) is 12.0 Å². The van der Waals surface area contributed by atoms with Crippen LogP contribution in [-0.2, 0) is 11.3 Å². The molecule has 3 aromatic rings. The van der Waals surface area contributed by atoms with Crippen LogP contribution in [0.1, 0.15) is 78.4 Å². The number of nitrogens with zero attached hydrogens (tertiary/aromatic N) is 1. The number of halogens is 4. The average molecular weight is 605 g/mol. The first-order valence-corrected chi connectivity index (χ1v) is 14.6. The molecule has 11 heteroatoms. The van der Waals surface area contributed by atoms with E-state index in [2.05, 4.69) is 22.9 Å². The second-order valence-electron chi connectivity index (χ2n) is 10.1. The van der Waals surface area contributed by atoms with E-state index < -0.39 is 29.2 Å². The Morgan fingerprint density at radius 2 is 1.62 bits per heavy atom. The molecule has 6 nitrogen and oxygen atoms in total. The van der Waals surface area contributed by atoms with E-state index in [1.807, 2.05) is 6.92 Å². The summed E-state index contributed by atoms with van der Waals surface area (Å²) in [6.07, 6.45) is 5.78. The second-order valence-corrected chi connectivity index (χ2v) is 11.0. The van der Waals surface area contributed by atoms with Gasteiger partial charge >= 0.3 is 5.97 Å². The quantitative estimate of drug-likeness (QED) is 0.0731. The predicted octanol–water partition coefficient (Wildman–Crippen LogP) is 7.56. The van der Waals surface area contributed by atoms with E-state index in [-0.39, 0.29) is 10.5 Å². The van der Waals surface area contributed by atoms with Gasteiger partial charge in [0.15, 0.2) is 23.3 Å². The highest BCUT2D eigenvalue weighted by atomic mass is 32.2. The van der Waals surface area contributed by atoms with Crippen molar-refractivity contribution in [1.82, 2.24) is 4.72 Å². The highest BCUT2D eigenvalue weighted by Gasteiger charge is 2.29. The van der Waals surface area contributed by atoms with Crippen molar-refractivity contribution in [1.29, 1.82) is 0 Å². The molecule has 2 N–H and O–H groups in total. The lowest BCUT2D eigenvalue weighted by Crippen LogP contribution is -2.21. The first kappa shape index (κ1) is 31.4. The minimum absolute atomic E-state index is 0.143. The molecule has 0 saturated heterocycles. The van der Waals surface area contributed by atoms with Crippen LogP contribution in [0.15, 0.2) is 47.4 Å². The molecule has 0 bridgehead atoms. The van der Waals surface area contributed by atoms with Crippen LogP contribution in [0.25, 0.3) is 0 Å². The van der Waals surface area contributed by atoms with E-state index in [4.69, 9.17) is 4.74 Å². The van der Waals surface area contributed by atoms with Crippen molar-refractivity contribution in [3.8, 4) is 5.75 Å². The molecule has 42 heavy (non-hydrogen) atoms. The van der Waals surface area contributed by atoms with Gasteiger partial charge in [-0.25, -0.2) is 22.4 Å². The van der Waals surface area contributed by atoms with Crippen LogP contribution in [0.2, 0.25) is 0 Å². The fourth-order valence-corrected chi connectivity index (χ4v) is 5.09. The number of hydrogen-bond donors (Lipinski definition) is 2. The van der Waals surface area contributed by atoms with E-state index in [9.17, 15) is 32.3 Å². The Bertz CT molecular complexity index is 1420. The standard InChI is InChI=1S/C23H25NO4.C8H7F4NS/c1-2-28-22-12-18(23(26)27)7-8-21(22)24(14-25)13-15-9-19(16-3-4-16)11-20(10-15)17-5-6-17;1-2-13-14-5-3-4(9)6(10)8(12)7(5)11/h7-12,14,16-17H,2-6,13H2,1H3,(H,26,27);3,13H,2H2,1H3. The summed E-state index contributed by atoms with van der Waals surface area (Å²) in [5, 5.41) is 9.24. The Morgan fingerprint density at radius 3 is 2.14 bits per heavy atom. The molecule has 0 spiro atoms. The largest absolute Gasteiger partial charge is 0.492 e. The van der Waals surface area contributed by atoms with Gasteiger partial charge in [-0.3, -0.25) is 9.52 Å². The first-order valence-electron chi connectivity index (χ1n) is 13.7. The van der Waals surface area contributed by atoms with Crippen molar-refractivity contribution in [2.24, 2.45) is 0 Å². The van der Waals surface area contributed by atoms with Crippen LogP contribution in [-0.4, -0.2) is 30.6 Å². The third-order valence-electron chi connectivity index (χ3n) is 6.83. The van der Waals surface area contributed by atoms with E-state index in [1.54, 1.807) is 17.9 Å². The Hall–Kier alpha value is -3.57. The number of carboxylic acids is 1. The van der Waals surface area contributed by atoms with Crippen molar-refractivity contribution in [2.45, 2.75) is 62.8 Å². The zero-order chi connectivity index (χ0) is 30.4. The van der Waals surface area contributed by atoms with Gasteiger partial charge in [-0.05, 0) is 97.3 Å². The zero-order valence-corrected chi connectivity index (χ0v) is 24.1. The fraction of sp³-hybridized carbons (Fsp3) is 0.355. The predicted molar refractivity (Wildman–Crippen MR) is 153 cm³/mol. The number of carboxylic acid groups (broad SMARTS) is 1. The molecular weight excluding hydrogens is 572 g/mol. The van der Waals surface area contributed by atoms with E-state index in [1.165, 1.54) is 48.9 Å². The monoisotopic (exact) mass is 604 g/mol. The second kappa shape index (κ2) is 14.1. The topological polar surface area (TPSA) is 78.9 Å².